The molecule has 5 fully saturated rings. The first kappa shape index (κ1) is 43.4. The summed E-state index contributed by atoms with van der Waals surface area (Å²) in [6.07, 6.45) is 13.4. The van der Waals surface area contributed by atoms with E-state index < -0.39 is 5.54 Å². The van der Waals surface area contributed by atoms with Gasteiger partial charge < -0.3 is 29.4 Å². The fraction of sp³-hybridized carbons (Fsp3) is 0.447. The molecule has 338 valence electrons. The smallest absolute Gasteiger partial charge is 0.284 e. The zero-order valence-electron chi connectivity index (χ0n) is 36.9. The minimum atomic E-state index is -0.391. The molecule has 4 aliphatic heterocycles. The number of pyridine rings is 3. The maximum atomic E-state index is 13.5. The van der Waals surface area contributed by atoms with Gasteiger partial charge in [-0.2, -0.15) is 0 Å². The lowest BCUT2D eigenvalue weighted by molar-refractivity contribution is -0.170. The number of rotatable bonds is 13. The Bertz CT molecular complexity index is 2700. The van der Waals surface area contributed by atoms with Gasteiger partial charge in [0.15, 0.2) is 4.34 Å². The van der Waals surface area contributed by atoms with E-state index in [-0.39, 0.29) is 23.0 Å². The Morgan fingerprint density at radius 3 is 2.40 bits per heavy atom. The molecule has 11 rings (SSSR count). The van der Waals surface area contributed by atoms with Crippen LogP contribution >= 0.6 is 23.1 Å². The third kappa shape index (κ3) is 9.45. The van der Waals surface area contributed by atoms with Crippen LogP contribution in [0.1, 0.15) is 75.2 Å². The second kappa shape index (κ2) is 18.4. The number of hydrogen-bond donors (Lipinski definition) is 2. The fourth-order valence-corrected chi connectivity index (χ4v) is 11.5. The van der Waals surface area contributed by atoms with Crippen molar-refractivity contribution in [3.63, 3.8) is 0 Å². The summed E-state index contributed by atoms with van der Waals surface area (Å²) in [4.78, 5) is 64.7. The van der Waals surface area contributed by atoms with Gasteiger partial charge in [-0.1, -0.05) is 36.1 Å². The number of nitrogens with zero attached hydrogens (tertiary/aromatic N) is 10. The lowest BCUT2D eigenvalue weighted by Gasteiger charge is -2.54. The van der Waals surface area contributed by atoms with Crippen molar-refractivity contribution in [2.75, 3.05) is 70.4 Å². The van der Waals surface area contributed by atoms with Crippen molar-refractivity contribution in [3.05, 3.63) is 117 Å². The van der Waals surface area contributed by atoms with Crippen LogP contribution in [0.3, 0.4) is 0 Å². The van der Waals surface area contributed by atoms with Crippen molar-refractivity contribution >= 4 is 51.6 Å². The molecule has 65 heavy (non-hydrogen) atoms. The van der Waals surface area contributed by atoms with E-state index in [0.29, 0.717) is 36.8 Å². The molecule has 5 aromatic heterocycles. The van der Waals surface area contributed by atoms with Crippen LogP contribution in [0.2, 0.25) is 0 Å². The first-order valence-electron chi connectivity index (χ1n) is 22.6. The van der Waals surface area contributed by atoms with Crippen molar-refractivity contribution < 1.29 is 14.3 Å². The fourth-order valence-electron chi connectivity index (χ4n) is 9.64. The van der Waals surface area contributed by atoms with Crippen LogP contribution in [0.4, 0.5) is 5.69 Å². The minimum absolute atomic E-state index is 0.0462. The van der Waals surface area contributed by atoms with E-state index in [1.807, 2.05) is 59.2 Å². The van der Waals surface area contributed by atoms with Crippen molar-refractivity contribution in [1.29, 1.82) is 0 Å². The molecule has 18 heteroatoms. The molecule has 0 spiro atoms. The summed E-state index contributed by atoms with van der Waals surface area (Å²) in [5.74, 6) is 0.533. The number of nitrogens with one attached hydrogen (secondary N) is 2. The molecule has 0 radical (unpaired) electrons. The second-order valence-corrected chi connectivity index (χ2v) is 20.1. The number of amides is 2. The maximum Gasteiger partial charge on any atom is 0.284 e. The number of carbonyl (C=O) groups is 2. The highest BCUT2D eigenvalue weighted by molar-refractivity contribution is 8.00. The van der Waals surface area contributed by atoms with E-state index in [2.05, 4.69) is 75.3 Å². The predicted molar refractivity (Wildman–Crippen MR) is 251 cm³/mol. The molecule has 1 aromatic carbocycles. The number of imidazole rings is 1. The molecule has 0 unspecified atom stereocenters. The molecule has 2 N–H and O–H groups in total. The third-order valence-corrected chi connectivity index (χ3v) is 15.8. The van der Waals surface area contributed by atoms with Crippen LogP contribution < -0.4 is 15.8 Å². The number of piperazine rings is 2. The number of hydrogen-bond acceptors (Lipinski definition) is 14. The minimum Gasteiger partial charge on any atom is -0.371 e. The average Bonchev–Trinajstić information content (AvgIpc) is 4.06. The lowest BCUT2D eigenvalue weighted by atomic mass is 9.70. The first-order valence-corrected chi connectivity index (χ1v) is 24.4. The average molecular weight is 915 g/mol. The number of aromatic amines is 1. The zero-order valence-corrected chi connectivity index (χ0v) is 38.5. The van der Waals surface area contributed by atoms with Crippen LogP contribution in [0.5, 0.6) is 0 Å². The molecule has 6 aromatic rings. The van der Waals surface area contributed by atoms with Gasteiger partial charge in [0.05, 0.1) is 47.0 Å². The zero-order chi connectivity index (χ0) is 44.5. The highest BCUT2D eigenvalue weighted by atomic mass is 32.2. The van der Waals surface area contributed by atoms with Gasteiger partial charge in [0, 0.05) is 101 Å². The summed E-state index contributed by atoms with van der Waals surface area (Å²) < 4.78 is 9.39. The maximum absolute atomic E-state index is 13.5. The third-order valence-electron chi connectivity index (χ3n) is 13.7. The van der Waals surface area contributed by atoms with Crippen molar-refractivity contribution in [3.8, 4) is 5.69 Å². The number of H-pyrrole nitrogens is 1. The van der Waals surface area contributed by atoms with Gasteiger partial charge in [-0.15, -0.1) is 10.2 Å². The Balaban J connectivity index is 0.648. The van der Waals surface area contributed by atoms with Crippen LogP contribution in [0.15, 0.2) is 82.7 Å². The number of fused-ring (bicyclic) bond motifs is 4. The summed E-state index contributed by atoms with van der Waals surface area (Å²) in [5.41, 5.74) is 7.63. The van der Waals surface area contributed by atoms with Crippen LogP contribution in [0, 0.1) is 6.92 Å². The van der Waals surface area contributed by atoms with E-state index in [0.717, 1.165) is 122 Å². The SMILES string of the molecule is CCc1cc2ncc(CN3CCN(c4ccc(C(=O)NC56CCC(CN7CCN(C(=O)c8nnc(SCc9ccc(-n%10ccnc%10)cc9C)s8)CC7)(CC5)OC6)nc4)CC3)cc2[nH]c1=O. The predicted octanol–water partition coefficient (Wildman–Crippen LogP) is 5.11. The molecule has 4 saturated heterocycles. The van der Waals surface area contributed by atoms with E-state index >= 15 is 0 Å². The molecular weight excluding hydrogens is 861 g/mol. The van der Waals surface area contributed by atoms with Crippen molar-refractivity contribution in [2.24, 2.45) is 0 Å². The normalized spacial score (nSPS) is 21.6. The molecule has 0 atom stereocenters. The highest BCUT2D eigenvalue weighted by Gasteiger charge is 2.51. The van der Waals surface area contributed by atoms with Gasteiger partial charge in [-0.3, -0.25) is 29.2 Å². The van der Waals surface area contributed by atoms with Gasteiger partial charge in [-0.05, 0) is 92.1 Å². The molecule has 16 nitrogen and oxygen atoms in total. The number of thioether (sulfide) groups is 1. The van der Waals surface area contributed by atoms with Gasteiger partial charge >= 0.3 is 0 Å². The van der Waals surface area contributed by atoms with Crippen LogP contribution in [0.25, 0.3) is 16.7 Å². The summed E-state index contributed by atoms with van der Waals surface area (Å²) in [5, 5.41) is 12.4. The largest absolute Gasteiger partial charge is 0.371 e. The molecule has 1 aliphatic carbocycles. The standard InChI is InChI=1S/C47H54N12O4S2/c1-3-34-24-39-40(51-41(34)60)23-33(25-49-39)27-55-14-18-57(19-15-55)37-6-7-38(50-26-37)42(61)52-46-8-10-47(11-9-46,63-30-46)29-56-16-20-58(21-17-56)44(62)43-53-54-45(65-43)64-28-35-4-5-36(22-32(35)2)59-13-12-48-31-59/h4-7,12-13,22-26,31H,3,8-11,14-21,27-30H2,1-2H3,(H,51,60)(H,52,61). The van der Waals surface area contributed by atoms with Gasteiger partial charge in [0.25, 0.3) is 17.4 Å². The Hall–Kier alpha value is -5.53. The monoisotopic (exact) mass is 914 g/mol. The Labute approximate surface area is 385 Å². The topological polar surface area (TPSA) is 171 Å². The van der Waals surface area contributed by atoms with E-state index in [4.69, 9.17) is 4.74 Å². The summed E-state index contributed by atoms with van der Waals surface area (Å²) in [7, 11) is 0. The van der Waals surface area contributed by atoms with Gasteiger partial charge in [0.1, 0.15) is 5.69 Å². The number of benzene rings is 1. The Morgan fingerprint density at radius 1 is 0.892 bits per heavy atom. The van der Waals surface area contributed by atoms with Gasteiger partial charge in [0.2, 0.25) is 5.01 Å². The Kier molecular flexibility index (Phi) is 12.3. The number of anilines is 1. The molecular formula is C47H54N12O4S2. The van der Waals surface area contributed by atoms with E-state index in [9.17, 15) is 14.4 Å². The number of ether oxygens (including phenoxy) is 1. The van der Waals surface area contributed by atoms with Crippen LogP contribution in [-0.4, -0.2) is 138 Å². The summed E-state index contributed by atoms with van der Waals surface area (Å²) in [6, 6.07) is 14.1. The Morgan fingerprint density at radius 2 is 1.69 bits per heavy atom. The molecule has 2 amide bonds. The molecule has 5 aliphatic rings. The molecule has 9 heterocycles. The highest BCUT2D eigenvalue weighted by Crippen LogP contribution is 2.44. The summed E-state index contributed by atoms with van der Waals surface area (Å²) >= 11 is 2.97. The van der Waals surface area contributed by atoms with Gasteiger partial charge in [-0.25, -0.2) is 9.97 Å². The summed E-state index contributed by atoms with van der Waals surface area (Å²) in [6.45, 7) is 12.4. The lowest BCUT2D eigenvalue weighted by Crippen LogP contribution is -2.66. The number of aryl methyl sites for hydroxylation is 2. The number of aromatic nitrogens is 7. The number of carbonyl (C=O) groups excluding carboxylic acids is 2. The van der Waals surface area contributed by atoms with Crippen molar-refractivity contribution in [2.45, 2.75) is 73.7 Å². The van der Waals surface area contributed by atoms with Crippen LogP contribution in [-0.2, 0) is 23.5 Å². The van der Waals surface area contributed by atoms with Crippen molar-refractivity contribution in [1.82, 2.24) is 54.7 Å². The quantitative estimate of drug-likeness (QED) is 0.147. The van der Waals surface area contributed by atoms with E-state index in [1.54, 1.807) is 24.3 Å². The van der Waals surface area contributed by atoms with E-state index in [1.165, 1.54) is 22.5 Å². The molecule has 2 bridgehead atoms. The second-order valence-electron chi connectivity index (χ2n) is 17.9. The molecule has 1 saturated carbocycles. The first-order chi connectivity index (χ1) is 31.6.